The number of hydrogen-bond donors (Lipinski definition) is 2. The van der Waals surface area contributed by atoms with Crippen molar-refractivity contribution >= 4 is 0 Å². The van der Waals surface area contributed by atoms with Crippen LogP contribution in [0, 0.1) is 0 Å². The van der Waals surface area contributed by atoms with Gasteiger partial charge >= 0.3 is 0 Å². The van der Waals surface area contributed by atoms with E-state index in [-0.39, 0.29) is 17.1 Å². The average Bonchev–Trinajstić information content (AvgIpc) is 2.80. The fourth-order valence-corrected chi connectivity index (χ4v) is 3.52. The molecule has 0 spiro atoms. The Morgan fingerprint density at radius 3 is 0.935 bits per heavy atom. The summed E-state index contributed by atoms with van der Waals surface area (Å²) in [5, 5.41) is 6.89. The van der Waals surface area contributed by atoms with Crippen LogP contribution in [0.15, 0.2) is 72.8 Å². The first kappa shape index (κ1) is 21.3. The third-order valence-corrected chi connectivity index (χ3v) is 4.98. The molecule has 1 aliphatic heterocycles. The minimum Gasteiger partial charge on any atom is -0.306 e. The molecule has 0 unspecified atom stereocenters. The summed E-state index contributed by atoms with van der Waals surface area (Å²) >= 11 is 0. The topological polar surface area (TPSA) is 75.6 Å². The second kappa shape index (κ2) is 9.90. The van der Waals surface area contributed by atoms with Crippen LogP contribution in [0.5, 0.6) is 0 Å². The van der Waals surface area contributed by atoms with Crippen molar-refractivity contribution in [1.29, 1.82) is 0 Å². The van der Waals surface area contributed by atoms with Gasteiger partial charge in [0.05, 0.1) is 45.6 Å². The van der Waals surface area contributed by atoms with Crippen molar-refractivity contribution in [3.05, 3.63) is 95.6 Å². The van der Waals surface area contributed by atoms with E-state index in [1.807, 2.05) is 72.8 Å². The molecule has 1 aliphatic rings. The molecule has 5 rings (SSSR count). The first-order valence-corrected chi connectivity index (χ1v) is 10.1. The van der Waals surface area contributed by atoms with Gasteiger partial charge in [-0.15, -0.1) is 0 Å². The summed E-state index contributed by atoms with van der Waals surface area (Å²) in [6, 6.07) is 24.2. The van der Waals surface area contributed by atoms with Crippen molar-refractivity contribution in [1.82, 2.24) is 30.6 Å². The van der Waals surface area contributed by atoms with Crippen LogP contribution >= 0.6 is 0 Å². The van der Waals surface area contributed by atoms with E-state index in [9.17, 15) is 0 Å². The molecule has 0 fully saturated rings. The normalized spacial score (nSPS) is 13.4. The molecular weight excluding hydrogens is 436 g/mol. The first-order chi connectivity index (χ1) is 14.8. The number of hydrogen-bond acceptors (Lipinski definition) is 6. The van der Waals surface area contributed by atoms with E-state index in [2.05, 4.69) is 10.6 Å². The molecule has 2 N–H and O–H groups in total. The van der Waals surface area contributed by atoms with Crippen LogP contribution in [0.25, 0.3) is 22.8 Å². The van der Waals surface area contributed by atoms with Gasteiger partial charge in [-0.1, -0.05) is 24.3 Å². The van der Waals surface area contributed by atoms with E-state index < -0.39 is 0 Å². The van der Waals surface area contributed by atoms with E-state index in [0.29, 0.717) is 26.2 Å². The standard InChI is InChI=1S/C24H22N6.Cu/c1-5-17-13-25-14-19-7-3-11-23(29-19)24-12-4-8-20(30-24)16-26-15-18-6-2-10-22(28-18)21(9-1)27-17;/h1-12,25-26H,13-16H2;. The Morgan fingerprint density at radius 1 is 0.419 bits per heavy atom. The maximum Gasteiger partial charge on any atom is 0.0890 e. The molecule has 7 heteroatoms. The molecule has 1 radical (unpaired) electrons. The van der Waals surface area contributed by atoms with Gasteiger partial charge < -0.3 is 10.6 Å². The van der Waals surface area contributed by atoms with Crippen molar-refractivity contribution in [2.45, 2.75) is 26.2 Å². The van der Waals surface area contributed by atoms with Crippen LogP contribution < -0.4 is 10.6 Å². The average molecular weight is 458 g/mol. The zero-order chi connectivity index (χ0) is 20.2. The molecule has 0 aromatic carbocycles. The van der Waals surface area contributed by atoms with E-state index in [1.165, 1.54) is 0 Å². The zero-order valence-corrected chi connectivity index (χ0v) is 17.8. The second-order valence-corrected chi connectivity index (χ2v) is 7.26. The summed E-state index contributed by atoms with van der Waals surface area (Å²) < 4.78 is 0. The maximum atomic E-state index is 4.78. The van der Waals surface area contributed by atoms with Gasteiger partial charge in [-0.05, 0) is 48.5 Å². The van der Waals surface area contributed by atoms with Crippen molar-refractivity contribution in [2.24, 2.45) is 0 Å². The van der Waals surface area contributed by atoms with Crippen LogP contribution in [-0.4, -0.2) is 19.9 Å². The summed E-state index contributed by atoms with van der Waals surface area (Å²) in [5.74, 6) is 0. The van der Waals surface area contributed by atoms with Crippen LogP contribution in [0.2, 0.25) is 0 Å². The van der Waals surface area contributed by atoms with Gasteiger partial charge in [-0.3, -0.25) is 0 Å². The quantitative estimate of drug-likeness (QED) is 0.394. The van der Waals surface area contributed by atoms with Crippen LogP contribution in [0.3, 0.4) is 0 Å². The molecule has 5 heterocycles. The third kappa shape index (κ3) is 5.21. The van der Waals surface area contributed by atoms with E-state index in [1.54, 1.807) is 0 Å². The number of nitrogens with one attached hydrogen (secondary N) is 2. The maximum absolute atomic E-state index is 4.78. The van der Waals surface area contributed by atoms with Gasteiger partial charge in [0.25, 0.3) is 0 Å². The molecular formula is C24H22CuN6. The molecule has 31 heavy (non-hydrogen) atoms. The predicted octanol–water partition coefficient (Wildman–Crippen LogP) is 3.49. The van der Waals surface area contributed by atoms with Gasteiger partial charge in [0.15, 0.2) is 0 Å². The minimum atomic E-state index is 0. The summed E-state index contributed by atoms with van der Waals surface area (Å²) in [6.07, 6.45) is 0. The fourth-order valence-electron chi connectivity index (χ4n) is 3.52. The van der Waals surface area contributed by atoms with Crippen LogP contribution in [-0.2, 0) is 43.2 Å². The van der Waals surface area contributed by atoms with E-state index in [0.717, 1.165) is 45.6 Å². The molecule has 0 saturated heterocycles. The number of nitrogens with zero attached hydrogens (tertiary/aromatic N) is 4. The third-order valence-electron chi connectivity index (χ3n) is 4.98. The monoisotopic (exact) mass is 457 g/mol. The Labute approximate surface area is 192 Å². The largest absolute Gasteiger partial charge is 0.306 e. The van der Waals surface area contributed by atoms with Crippen molar-refractivity contribution in [3.63, 3.8) is 0 Å². The Balaban J connectivity index is 0.00000231. The van der Waals surface area contributed by atoms with Gasteiger partial charge in [-0.25, -0.2) is 19.9 Å². The van der Waals surface area contributed by atoms with Gasteiger partial charge in [0.1, 0.15) is 0 Å². The molecule has 6 nitrogen and oxygen atoms in total. The predicted molar refractivity (Wildman–Crippen MR) is 116 cm³/mol. The van der Waals surface area contributed by atoms with Crippen molar-refractivity contribution < 1.29 is 17.1 Å². The number of fused-ring (bicyclic) bond motifs is 10. The van der Waals surface area contributed by atoms with Crippen LogP contribution in [0.4, 0.5) is 0 Å². The number of aromatic nitrogens is 4. The molecule has 0 atom stereocenters. The smallest absolute Gasteiger partial charge is 0.0890 e. The molecule has 0 saturated carbocycles. The minimum absolute atomic E-state index is 0. The second-order valence-electron chi connectivity index (χ2n) is 7.26. The fraction of sp³-hybridized carbons (Fsp3) is 0.167. The molecule has 4 aromatic heterocycles. The molecule has 8 bridgehead atoms. The zero-order valence-electron chi connectivity index (χ0n) is 16.8. The Bertz CT molecular complexity index is 996. The summed E-state index contributed by atoms with van der Waals surface area (Å²) in [7, 11) is 0. The van der Waals surface area contributed by atoms with Crippen LogP contribution in [0.1, 0.15) is 22.8 Å². The van der Waals surface area contributed by atoms with Gasteiger partial charge in [0.2, 0.25) is 0 Å². The molecule has 0 aliphatic carbocycles. The van der Waals surface area contributed by atoms with Gasteiger partial charge in [-0.2, -0.15) is 0 Å². The summed E-state index contributed by atoms with van der Waals surface area (Å²) in [4.78, 5) is 19.1. The first-order valence-electron chi connectivity index (χ1n) is 10.1. The number of rotatable bonds is 0. The van der Waals surface area contributed by atoms with Gasteiger partial charge in [0, 0.05) is 43.2 Å². The molecule has 0 amide bonds. The molecule has 159 valence electrons. The van der Waals surface area contributed by atoms with Crippen molar-refractivity contribution in [3.8, 4) is 22.8 Å². The van der Waals surface area contributed by atoms with E-state index >= 15 is 0 Å². The van der Waals surface area contributed by atoms with E-state index in [4.69, 9.17) is 19.9 Å². The summed E-state index contributed by atoms with van der Waals surface area (Å²) in [6.45, 7) is 2.65. The SMILES string of the molecule is [Cu].c1cc2nc(c1)-c1cccc(n1)CNCc1cccc(n1)-c1cccc(n1)CNC2. The Hall–Kier alpha value is -2.96. The number of pyridine rings is 4. The molecule has 4 aromatic rings. The summed E-state index contributed by atoms with van der Waals surface area (Å²) in [5.41, 5.74) is 7.43. The Morgan fingerprint density at radius 2 is 0.677 bits per heavy atom. The van der Waals surface area contributed by atoms with Crippen molar-refractivity contribution in [2.75, 3.05) is 0 Å². The Kier molecular flexibility index (Phi) is 6.79.